The molecule has 11 heteroatoms. The van der Waals surface area contributed by atoms with Gasteiger partial charge in [0, 0.05) is 49.0 Å². The number of rotatable bonds is 5. The Labute approximate surface area is 233 Å². The highest BCUT2D eigenvalue weighted by molar-refractivity contribution is 7.09. The van der Waals surface area contributed by atoms with Crippen molar-refractivity contribution in [2.24, 2.45) is 11.7 Å². The van der Waals surface area contributed by atoms with E-state index in [-0.39, 0.29) is 29.6 Å². The molecule has 3 aromatic rings. The van der Waals surface area contributed by atoms with Crippen LogP contribution in [0.2, 0.25) is 0 Å². The van der Waals surface area contributed by atoms with Gasteiger partial charge in [-0.2, -0.15) is 13.2 Å². The molecule has 2 saturated heterocycles. The van der Waals surface area contributed by atoms with E-state index < -0.39 is 11.7 Å². The fourth-order valence-corrected chi connectivity index (χ4v) is 6.33. The second kappa shape index (κ2) is 11.4. The van der Waals surface area contributed by atoms with Crippen molar-refractivity contribution >= 4 is 29.1 Å². The summed E-state index contributed by atoms with van der Waals surface area (Å²) in [7, 11) is 0. The lowest BCUT2D eigenvalue weighted by molar-refractivity contribution is -0.137. The summed E-state index contributed by atoms with van der Waals surface area (Å²) in [6.45, 7) is 1.98. The minimum atomic E-state index is -4.42. The molecule has 2 aromatic carbocycles. The molecule has 5 rings (SSSR count). The van der Waals surface area contributed by atoms with Gasteiger partial charge in [0.15, 0.2) is 0 Å². The minimum Gasteiger partial charge on any atom is -0.369 e. The number of likely N-dealkylation sites (tertiary alicyclic amines) is 2. The van der Waals surface area contributed by atoms with Crippen molar-refractivity contribution in [2.45, 2.75) is 37.8 Å². The van der Waals surface area contributed by atoms with E-state index in [9.17, 15) is 27.6 Å². The van der Waals surface area contributed by atoms with Crippen LogP contribution >= 0.6 is 11.3 Å². The van der Waals surface area contributed by atoms with Crippen LogP contribution in [-0.2, 0) is 11.0 Å². The van der Waals surface area contributed by atoms with Gasteiger partial charge in [-0.3, -0.25) is 14.4 Å². The molecule has 3 amide bonds. The Hall–Kier alpha value is -3.73. The number of primary amides is 1. The van der Waals surface area contributed by atoms with Gasteiger partial charge in [0.05, 0.1) is 10.6 Å². The minimum absolute atomic E-state index is 0.126. The first-order valence-electron chi connectivity index (χ1n) is 13.2. The lowest BCUT2D eigenvalue weighted by Crippen LogP contribution is -2.41. The van der Waals surface area contributed by atoms with Crippen LogP contribution in [0, 0.1) is 5.92 Å². The molecular formula is C29H29F3N4O3S. The predicted octanol–water partition coefficient (Wildman–Crippen LogP) is 5.19. The molecular weight excluding hydrogens is 541 g/mol. The van der Waals surface area contributed by atoms with E-state index in [2.05, 4.69) is 4.98 Å². The number of aromatic nitrogens is 1. The molecule has 0 unspecified atom stereocenters. The van der Waals surface area contributed by atoms with Crippen LogP contribution in [0.25, 0.3) is 11.1 Å². The highest BCUT2D eigenvalue weighted by Crippen LogP contribution is 2.34. The number of thiazole rings is 1. The van der Waals surface area contributed by atoms with Gasteiger partial charge in [-0.15, -0.1) is 11.3 Å². The first kappa shape index (κ1) is 27.8. The largest absolute Gasteiger partial charge is 0.416 e. The van der Waals surface area contributed by atoms with Gasteiger partial charge in [0.2, 0.25) is 5.91 Å². The molecule has 2 fully saturated rings. The van der Waals surface area contributed by atoms with Crippen molar-refractivity contribution in [3.63, 3.8) is 0 Å². The second-order valence-electron chi connectivity index (χ2n) is 10.2. The van der Waals surface area contributed by atoms with Gasteiger partial charge in [0.1, 0.15) is 5.69 Å². The molecule has 0 aliphatic carbocycles. The Bertz CT molecular complexity index is 1390. The Kier molecular flexibility index (Phi) is 7.93. The summed E-state index contributed by atoms with van der Waals surface area (Å²) in [6, 6.07) is 11.8. The number of hydrogen-bond acceptors (Lipinski definition) is 5. The number of nitrogens with zero attached hydrogens (tertiary/aromatic N) is 3. The van der Waals surface area contributed by atoms with Crippen molar-refractivity contribution in [3.05, 3.63) is 75.7 Å². The van der Waals surface area contributed by atoms with Gasteiger partial charge < -0.3 is 15.5 Å². The lowest BCUT2D eigenvalue weighted by Gasteiger charge is -2.32. The van der Waals surface area contributed by atoms with Gasteiger partial charge in [-0.1, -0.05) is 30.3 Å². The first-order chi connectivity index (χ1) is 19.1. The van der Waals surface area contributed by atoms with Crippen molar-refractivity contribution in [2.75, 3.05) is 26.2 Å². The number of carbonyl (C=O) groups excluding carboxylic acids is 3. The van der Waals surface area contributed by atoms with Crippen molar-refractivity contribution < 1.29 is 27.6 Å². The second-order valence-corrected chi connectivity index (χ2v) is 11.1. The van der Waals surface area contributed by atoms with E-state index in [4.69, 9.17) is 5.73 Å². The lowest BCUT2D eigenvalue weighted by atomic mass is 9.94. The van der Waals surface area contributed by atoms with E-state index in [1.807, 2.05) is 0 Å². The zero-order chi connectivity index (χ0) is 28.4. The molecule has 0 atom stereocenters. The maximum absolute atomic E-state index is 13.5. The Morgan fingerprint density at radius 1 is 0.850 bits per heavy atom. The number of carbonyl (C=O) groups is 3. The van der Waals surface area contributed by atoms with E-state index in [0.717, 1.165) is 17.1 Å². The van der Waals surface area contributed by atoms with Crippen LogP contribution in [0.1, 0.15) is 63.0 Å². The maximum Gasteiger partial charge on any atom is 0.416 e. The highest BCUT2D eigenvalue weighted by Gasteiger charge is 2.32. The summed E-state index contributed by atoms with van der Waals surface area (Å²) in [6.07, 6.45) is -1.91. The summed E-state index contributed by atoms with van der Waals surface area (Å²) in [5, 5.41) is 2.64. The van der Waals surface area contributed by atoms with Crippen LogP contribution in [0.5, 0.6) is 0 Å². The molecule has 2 aliphatic rings. The Morgan fingerprint density at radius 3 is 2.08 bits per heavy atom. The first-order valence-corrected chi connectivity index (χ1v) is 14.1. The summed E-state index contributed by atoms with van der Waals surface area (Å²) in [5.74, 6) is -0.691. The van der Waals surface area contributed by atoms with E-state index in [0.29, 0.717) is 74.2 Å². The summed E-state index contributed by atoms with van der Waals surface area (Å²) >= 11 is 1.45. The smallest absolute Gasteiger partial charge is 0.369 e. The quantitative estimate of drug-likeness (QED) is 0.457. The third-order valence-corrected chi connectivity index (χ3v) is 8.74. The van der Waals surface area contributed by atoms with Gasteiger partial charge in [0.25, 0.3) is 11.8 Å². The molecule has 7 nitrogen and oxygen atoms in total. The van der Waals surface area contributed by atoms with Crippen LogP contribution in [-0.4, -0.2) is 58.7 Å². The number of alkyl halides is 3. The normalized spacial score (nSPS) is 17.2. The molecule has 0 radical (unpaired) electrons. The summed E-state index contributed by atoms with van der Waals surface area (Å²) in [5.41, 5.74) is 6.64. The predicted molar refractivity (Wildman–Crippen MR) is 145 cm³/mol. The summed E-state index contributed by atoms with van der Waals surface area (Å²) in [4.78, 5) is 45.9. The maximum atomic E-state index is 13.5. The van der Waals surface area contributed by atoms with Gasteiger partial charge >= 0.3 is 6.18 Å². The van der Waals surface area contributed by atoms with Crippen molar-refractivity contribution in [3.8, 4) is 11.1 Å². The molecule has 2 aliphatic heterocycles. The zero-order valence-electron chi connectivity index (χ0n) is 21.7. The molecule has 40 heavy (non-hydrogen) atoms. The van der Waals surface area contributed by atoms with Crippen LogP contribution < -0.4 is 5.73 Å². The topological polar surface area (TPSA) is 96.6 Å². The van der Waals surface area contributed by atoms with Gasteiger partial charge in [-0.25, -0.2) is 4.98 Å². The molecule has 0 spiro atoms. The molecule has 210 valence electrons. The van der Waals surface area contributed by atoms with Crippen LogP contribution in [0.15, 0.2) is 53.9 Å². The van der Waals surface area contributed by atoms with Gasteiger partial charge in [-0.05, 0) is 55.0 Å². The zero-order valence-corrected chi connectivity index (χ0v) is 22.5. The number of benzene rings is 2. The SMILES string of the molecule is NC(=O)C1CCN(C(=O)c2csc(C3CCN(C(=O)c4ccccc4-c4ccc(C(F)(F)F)cc4)CC3)n2)CC1. The van der Waals surface area contributed by atoms with E-state index in [1.54, 1.807) is 39.4 Å². The number of amides is 3. The molecule has 0 bridgehead atoms. The van der Waals surface area contributed by atoms with Crippen molar-refractivity contribution in [1.29, 1.82) is 0 Å². The standard InChI is InChI=1S/C29H29F3N4O3S/c30-29(31,32)21-7-5-18(6-8-21)22-3-1-2-4-23(22)27(38)35-15-11-20(12-16-35)26-34-24(17-40-26)28(39)36-13-9-19(10-14-36)25(33)37/h1-8,17,19-20H,9-16H2,(H2,33,37). The molecule has 1 aromatic heterocycles. The van der Waals surface area contributed by atoms with Crippen molar-refractivity contribution in [1.82, 2.24) is 14.8 Å². The average Bonchev–Trinajstić information content (AvgIpc) is 3.47. The van der Waals surface area contributed by atoms with E-state index in [1.165, 1.54) is 23.5 Å². The fraction of sp³-hybridized carbons (Fsp3) is 0.379. The number of halogens is 3. The number of nitrogens with two attached hydrogens (primary N) is 1. The highest BCUT2D eigenvalue weighted by atomic mass is 32.1. The van der Waals surface area contributed by atoms with Crippen LogP contribution in [0.4, 0.5) is 13.2 Å². The molecule has 2 N–H and O–H groups in total. The molecule has 3 heterocycles. The fourth-order valence-electron chi connectivity index (χ4n) is 5.36. The monoisotopic (exact) mass is 570 g/mol. The number of hydrogen-bond donors (Lipinski definition) is 1. The summed E-state index contributed by atoms with van der Waals surface area (Å²) < 4.78 is 39.0. The van der Waals surface area contributed by atoms with E-state index >= 15 is 0 Å². The third-order valence-electron chi connectivity index (χ3n) is 7.74. The van der Waals surface area contributed by atoms with Crippen LogP contribution in [0.3, 0.4) is 0 Å². The third kappa shape index (κ3) is 5.89. The average molecular weight is 571 g/mol. The number of piperidine rings is 2. The molecule has 0 saturated carbocycles. The Morgan fingerprint density at radius 2 is 1.45 bits per heavy atom. The Balaban J connectivity index is 1.21.